The summed E-state index contributed by atoms with van der Waals surface area (Å²) in [4.78, 5) is 25.6. The Kier molecular flexibility index (Phi) is 10.1. The fourth-order valence-electron chi connectivity index (χ4n) is 7.50. The zero-order valence-corrected chi connectivity index (χ0v) is 29.3. The number of aromatic nitrogens is 2. The number of nitrogens with zero attached hydrogens (tertiary/aromatic N) is 4. The number of carbonyl (C=O) groups excluding carboxylic acids is 1. The molecular formula is C40H40F3N5O5. The van der Waals surface area contributed by atoms with Gasteiger partial charge in [-0.1, -0.05) is 30.7 Å². The van der Waals surface area contributed by atoms with Crippen LogP contribution >= 0.6 is 0 Å². The van der Waals surface area contributed by atoms with Gasteiger partial charge in [-0.2, -0.15) is 9.97 Å². The lowest BCUT2D eigenvalue weighted by atomic mass is 9.95. The summed E-state index contributed by atoms with van der Waals surface area (Å²) < 4.78 is 62.6. The Morgan fingerprint density at radius 1 is 1.19 bits per heavy atom. The average Bonchev–Trinajstić information content (AvgIpc) is 3.26. The molecule has 0 radical (unpaired) electrons. The molecule has 0 saturated carbocycles. The highest BCUT2D eigenvalue weighted by Crippen LogP contribution is 2.45. The standard InChI is InChI=1S/C40H40F3N5O5/c1-4-30-32(43)14-11-25-16-29(49)17-31(35(25)30)33-22-51-36-37(47-15-7-6-8-28(21-47)44-34(50)5-2)45-39(46-38(36)53-33)52-23-40(3)18-27(42)20-48(40)19-24-9-12-26(41)13-10-24/h1,5,9-14,16-17,27-28,33,49H,2,6-8,15,18-23H2,3H3,(H,44,50)/t27-,28?,33?,40+/m1/s1. The molecular weight excluding hydrogens is 687 g/mol. The summed E-state index contributed by atoms with van der Waals surface area (Å²) >= 11 is 0. The zero-order chi connectivity index (χ0) is 37.3. The van der Waals surface area contributed by atoms with Crippen molar-refractivity contribution in [3.05, 3.63) is 89.5 Å². The number of phenols is 1. The monoisotopic (exact) mass is 727 g/mol. The van der Waals surface area contributed by atoms with Crippen molar-refractivity contribution in [3.63, 3.8) is 0 Å². The van der Waals surface area contributed by atoms with E-state index in [2.05, 4.69) is 22.8 Å². The molecule has 4 aromatic rings. The largest absolute Gasteiger partial charge is 0.508 e. The molecule has 3 aliphatic rings. The van der Waals surface area contributed by atoms with Crippen LogP contribution in [0.15, 0.2) is 61.2 Å². The van der Waals surface area contributed by atoms with Crippen LogP contribution in [0.3, 0.4) is 0 Å². The van der Waals surface area contributed by atoms with Gasteiger partial charge in [0.05, 0.1) is 11.1 Å². The maximum atomic E-state index is 15.0. The summed E-state index contributed by atoms with van der Waals surface area (Å²) in [5.41, 5.74) is 0.512. The van der Waals surface area contributed by atoms with Crippen LogP contribution in [0.5, 0.6) is 23.4 Å². The summed E-state index contributed by atoms with van der Waals surface area (Å²) in [5.74, 6) is 1.84. The SMILES string of the molecule is C#Cc1c(F)ccc2cc(O)cc(C3COc4c(nc(OC[C@]5(C)C[C@@H](F)CN5Cc5ccc(F)cc5)nc4N4CCCCC(NC(=O)C=C)C4)O3)c12. The molecule has 3 aliphatic heterocycles. The Morgan fingerprint density at radius 3 is 2.77 bits per heavy atom. The van der Waals surface area contributed by atoms with Gasteiger partial charge in [-0.15, -0.1) is 6.42 Å². The Balaban J connectivity index is 1.23. The molecule has 53 heavy (non-hydrogen) atoms. The normalized spacial score (nSPS) is 22.9. The van der Waals surface area contributed by atoms with Crippen molar-refractivity contribution in [2.24, 2.45) is 0 Å². The summed E-state index contributed by atoms with van der Waals surface area (Å²) in [6, 6.07) is 11.6. The fourth-order valence-corrected chi connectivity index (χ4v) is 7.50. The van der Waals surface area contributed by atoms with Gasteiger partial charge in [-0.3, -0.25) is 9.69 Å². The average molecular weight is 728 g/mol. The van der Waals surface area contributed by atoms with Crippen LogP contribution < -0.4 is 24.4 Å². The number of amides is 1. The molecule has 0 aliphatic carbocycles. The maximum Gasteiger partial charge on any atom is 0.322 e. The molecule has 10 nitrogen and oxygen atoms in total. The van der Waals surface area contributed by atoms with Crippen LogP contribution in [0.4, 0.5) is 19.0 Å². The van der Waals surface area contributed by atoms with E-state index < -0.39 is 23.6 Å². The number of alkyl halides is 1. The molecule has 2 unspecified atom stereocenters. The van der Waals surface area contributed by atoms with E-state index in [0.29, 0.717) is 41.8 Å². The van der Waals surface area contributed by atoms with E-state index in [1.807, 2.05) is 16.7 Å². The predicted octanol–water partition coefficient (Wildman–Crippen LogP) is 6.15. The van der Waals surface area contributed by atoms with Crippen molar-refractivity contribution in [3.8, 4) is 35.7 Å². The van der Waals surface area contributed by atoms with Gasteiger partial charge in [0.1, 0.15) is 36.8 Å². The second-order valence-corrected chi connectivity index (χ2v) is 14.0. The van der Waals surface area contributed by atoms with E-state index in [4.69, 9.17) is 25.6 Å². The zero-order valence-electron chi connectivity index (χ0n) is 29.3. The lowest BCUT2D eigenvalue weighted by Gasteiger charge is -2.35. The molecule has 0 bridgehead atoms. The number of hydrogen-bond donors (Lipinski definition) is 2. The van der Waals surface area contributed by atoms with Gasteiger partial charge >= 0.3 is 6.01 Å². The van der Waals surface area contributed by atoms with Gasteiger partial charge in [0.15, 0.2) is 11.9 Å². The number of ether oxygens (including phenoxy) is 3. The highest BCUT2D eigenvalue weighted by Gasteiger charge is 2.43. The summed E-state index contributed by atoms with van der Waals surface area (Å²) in [5, 5.41) is 14.5. The number of hydrogen-bond acceptors (Lipinski definition) is 9. The first kappa shape index (κ1) is 35.9. The number of halogens is 3. The van der Waals surface area contributed by atoms with E-state index in [-0.39, 0.29) is 72.9 Å². The van der Waals surface area contributed by atoms with E-state index in [1.54, 1.807) is 12.1 Å². The first-order chi connectivity index (χ1) is 25.5. The molecule has 1 aromatic heterocycles. The highest BCUT2D eigenvalue weighted by molar-refractivity contribution is 5.93. The van der Waals surface area contributed by atoms with E-state index in [9.17, 15) is 23.1 Å². The minimum atomic E-state index is -1.10. The van der Waals surface area contributed by atoms with Gasteiger partial charge in [0.2, 0.25) is 11.7 Å². The molecule has 2 N–H and O–H groups in total. The van der Waals surface area contributed by atoms with Gasteiger partial charge in [0, 0.05) is 49.6 Å². The minimum Gasteiger partial charge on any atom is -0.508 e. The fraction of sp³-hybridized carbons (Fsp3) is 0.375. The van der Waals surface area contributed by atoms with E-state index in [0.717, 1.165) is 24.8 Å². The molecule has 0 spiro atoms. The molecule has 13 heteroatoms. The summed E-state index contributed by atoms with van der Waals surface area (Å²) in [6.07, 6.45) is 7.62. The van der Waals surface area contributed by atoms with Crippen LogP contribution in [-0.4, -0.2) is 76.5 Å². The van der Waals surface area contributed by atoms with Gasteiger partial charge < -0.3 is 29.5 Å². The number of terminal acetylenes is 1. The van der Waals surface area contributed by atoms with Crippen molar-refractivity contribution in [1.29, 1.82) is 0 Å². The van der Waals surface area contributed by atoms with E-state index >= 15 is 0 Å². The van der Waals surface area contributed by atoms with Crippen molar-refractivity contribution < 1.29 is 37.3 Å². The third-order valence-electron chi connectivity index (χ3n) is 10.1. The van der Waals surface area contributed by atoms with Gasteiger partial charge in [0.25, 0.3) is 5.88 Å². The number of carbonyl (C=O) groups is 1. The Morgan fingerprint density at radius 2 is 2.00 bits per heavy atom. The molecule has 3 aromatic carbocycles. The number of rotatable bonds is 9. The quantitative estimate of drug-likeness (QED) is 0.155. The summed E-state index contributed by atoms with van der Waals surface area (Å²) in [6.45, 7) is 7.02. The van der Waals surface area contributed by atoms with Crippen LogP contribution in [0.1, 0.15) is 55.4 Å². The maximum absolute atomic E-state index is 15.0. The van der Waals surface area contributed by atoms with Crippen LogP contribution in [0.2, 0.25) is 0 Å². The number of aromatic hydroxyl groups is 1. The number of nitrogens with one attached hydrogen (secondary N) is 1. The van der Waals surface area contributed by atoms with Crippen LogP contribution in [-0.2, 0) is 11.3 Å². The predicted molar refractivity (Wildman–Crippen MR) is 193 cm³/mol. The molecule has 4 atom stereocenters. The molecule has 4 heterocycles. The number of likely N-dealkylation sites (tertiary alicyclic amines) is 1. The molecule has 276 valence electrons. The minimum absolute atomic E-state index is 0.0249. The second kappa shape index (κ2) is 14.9. The first-order valence-corrected chi connectivity index (χ1v) is 17.6. The van der Waals surface area contributed by atoms with Crippen LogP contribution in [0, 0.1) is 24.0 Å². The highest BCUT2D eigenvalue weighted by atomic mass is 19.1. The number of phenolic OH excluding ortho intramolecular Hbond substituents is 1. The van der Waals surface area contributed by atoms with Crippen molar-refractivity contribution in [2.75, 3.05) is 37.7 Å². The third kappa shape index (κ3) is 7.55. The number of fused-ring (bicyclic) bond motifs is 2. The molecule has 7 rings (SSSR count). The Hall–Kier alpha value is -5.48. The van der Waals surface area contributed by atoms with Crippen LogP contribution in [0.25, 0.3) is 10.8 Å². The Bertz CT molecular complexity index is 2080. The first-order valence-electron chi connectivity index (χ1n) is 17.6. The van der Waals surface area contributed by atoms with Crippen molar-refractivity contribution in [1.82, 2.24) is 20.2 Å². The van der Waals surface area contributed by atoms with Crippen molar-refractivity contribution in [2.45, 2.75) is 63.0 Å². The van der Waals surface area contributed by atoms with Gasteiger partial charge in [-0.25, -0.2) is 13.2 Å². The number of benzene rings is 3. The topological polar surface area (TPSA) is 109 Å². The summed E-state index contributed by atoms with van der Waals surface area (Å²) in [7, 11) is 0. The Labute approximate surface area is 305 Å². The third-order valence-corrected chi connectivity index (χ3v) is 10.1. The lowest BCUT2D eigenvalue weighted by Crippen LogP contribution is -2.45. The number of anilines is 1. The smallest absolute Gasteiger partial charge is 0.322 e. The van der Waals surface area contributed by atoms with Crippen molar-refractivity contribution >= 4 is 22.5 Å². The second-order valence-electron chi connectivity index (χ2n) is 14.0. The van der Waals surface area contributed by atoms with E-state index in [1.165, 1.54) is 42.5 Å². The lowest BCUT2D eigenvalue weighted by molar-refractivity contribution is -0.117. The molecule has 2 saturated heterocycles. The molecule has 2 fully saturated rings. The molecule has 1 amide bonds. The van der Waals surface area contributed by atoms with Gasteiger partial charge in [-0.05, 0) is 73.5 Å².